The fraction of sp³-hybridized carbons (Fsp3) is 0.515. The molecule has 0 aromatic heterocycles. The van der Waals surface area contributed by atoms with Crippen LogP contribution in [0.15, 0.2) is 24.3 Å². The van der Waals surface area contributed by atoms with Gasteiger partial charge in [-0.1, -0.05) is 39.8 Å². The molecular weight excluding hydrogens is 850 g/mol. The maximum Gasteiger partial charge on any atom is 0.416 e. The Labute approximate surface area is 346 Å². The number of alkyl halides is 3. The number of rotatable bonds is 7. The van der Waals surface area contributed by atoms with Crippen molar-refractivity contribution in [3.63, 3.8) is 0 Å². The number of amides is 9. The molecule has 2 heterocycles. The molecule has 330 valence electrons. The summed E-state index contributed by atoms with van der Waals surface area (Å²) in [5.74, 6) is -11.7. The normalized spacial score (nSPS) is 26.3. The largest absolute Gasteiger partial charge is 0.481 e. The minimum absolute atomic E-state index is 0.103. The Morgan fingerprint density at radius 1 is 0.800 bits per heavy atom. The van der Waals surface area contributed by atoms with Gasteiger partial charge in [-0.3, -0.25) is 47.9 Å². The van der Waals surface area contributed by atoms with Crippen molar-refractivity contribution in [3.05, 3.63) is 35.4 Å². The van der Waals surface area contributed by atoms with Crippen LogP contribution in [-0.4, -0.2) is 148 Å². The third-order valence-corrected chi connectivity index (χ3v) is 11.1. The van der Waals surface area contributed by atoms with E-state index in [2.05, 4.69) is 31.9 Å². The molecule has 1 aromatic carbocycles. The number of nitrogens with one attached hydrogen (secondary N) is 6. The van der Waals surface area contributed by atoms with Gasteiger partial charge in [0.2, 0.25) is 53.2 Å². The molecule has 0 aliphatic carbocycles. The fourth-order valence-electron chi connectivity index (χ4n) is 5.70. The van der Waals surface area contributed by atoms with Crippen LogP contribution in [0, 0.1) is 0 Å². The molecule has 14 N–H and O–H groups in total. The molecule has 22 nitrogen and oxygen atoms in total. The van der Waals surface area contributed by atoms with Crippen molar-refractivity contribution in [1.29, 1.82) is 0 Å². The highest BCUT2D eigenvalue weighted by atomic mass is 33.1. The number of carboxylic acids is 1. The molecule has 7 atom stereocenters. The second kappa shape index (κ2) is 22.1. The van der Waals surface area contributed by atoms with E-state index >= 15 is 0 Å². The number of carboxylic acid groups (broad SMARTS) is 1. The van der Waals surface area contributed by atoms with Gasteiger partial charge in [-0.25, -0.2) is 0 Å². The van der Waals surface area contributed by atoms with Crippen LogP contribution in [0.2, 0.25) is 0 Å². The lowest BCUT2D eigenvalue weighted by Crippen LogP contribution is -2.58. The van der Waals surface area contributed by atoms with E-state index in [1.54, 1.807) is 0 Å². The molecule has 2 saturated heterocycles. The lowest BCUT2D eigenvalue weighted by molar-refractivity contribution is -0.141. The summed E-state index contributed by atoms with van der Waals surface area (Å²) in [5, 5.41) is 33.0. The minimum Gasteiger partial charge on any atom is -0.481 e. The van der Waals surface area contributed by atoms with Crippen LogP contribution in [0.1, 0.15) is 30.4 Å². The van der Waals surface area contributed by atoms with Gasteiger partial charge < -0.3 is 64.2 Å². The van der Waals surface area contributed by atoms with Crippen molar-refractivity contribution in [2.45, 2.75) is 74.2 Å². The van der Waals surface area contributed by atoms with Gasteiger partial charge in [0.25, 0.3) is 0 Å². The number of primary amides is 2. The van der Waals surface area contributed by atoms with Gasteiger partial charge in [-0.05, 0) is 11.6 Å². The van der Waals surface area contributed by atoms with Crippen molar-refractivity contribution in [2.24, 2.45) is 17.2 Å². The summed E-state index contributed by atoms with van der Waals surface area (Å²) >= 11 is 0. The smallest absolute Gasteiger partial charge is 0.416 e. The monoisotopic (exact) mass is 892 g/mol. The number of carbonyl (C=O) groups excluding carboxylic acids is 9. The molecule has 3 rings (SSSR count). The molecule has 27 heteroatoms. The van der Waals surface area contributed by atoms with Crippen molar-refractivity contribution in [1.82, 2.24) is 36.8 Å². The van der Waals surface area contributed by atoms with Gasteiger partial charge in [0.15, 0.2) is 0 Å². The van der Waals surface area contributed by atoms with Crippen LogP contribution in [0.4, 0.5) is 13.2 Å². The average Bonchev–Trinajstić information content (AvgIpc) is 3.56. The predicted octanol–water partition coefficient (Wildman–Crippen LogP) is -5.06. The van der Waals surface area contributed by atoms with E-state index in [9.17, 15) is 71.3 Å². The molecular formula is C33H43F3N10O12S2. The summed E-state index contributed by atoms with van der Waals surface area (Å²) in [5.41, 5.74) is 15.4. The molecule has 0 bridgehead atoms. The molecule has 2 aliphatic heterocycles. The third kappa shape index (κ3) is 15.2. The number of nitrogens with zero attached hydrogens (tertiary/aromatic N) is 1. The van der Waals surface area contributed by atoms with E-state index in [0.717, 1.165) is 38.6 Å². The first-order valence-corrected chi connectivity index (χ1v) is 20.2. The number of benzene rings is 1. The van der Waals surface area contributed by atoms with E-state index in [1.807, 2.05) is 0 Å². The van der Waals surface area contributed by atoms with Crippen molar-refractivity contribution in [3.8, 4) is 0 Å². The zero-order chi connectivity index (χ0) is 44.9. The summed E-state index contributed by atoms with van der Waals surface area (Å²) in [6.45, 7) is -2.29. The van der Waals surface area contributed by atoms with E-state index in [0.29, 0.717) is 6.07 Å². The van der Waals surface area contributed by atoms with E-state index < -0.39 is 152 Å². The van der Waals surface area contributed by atoms with E-state index in [-0.39, 0.29) is 23.5 Å². The fourth-order valence-corrected chi connectivity index (χ4v) is 8.00. The van der Waals surface area contributed by atoms with Crippen LogP contribution in [0.5, 0.6) is 0 Å². The van der Waals surface area contributed by atoms with Crippen molar-refractivity contribution < 1.29 is 71.3 Å². The van der Waals surface area contributed by atoms with Crippen molar-refractivity contribution >= 4 is 80.7 Å². The van der Waals surface area contributed by atoms with Gasteiger partial charge in [0.05, 0.1) is 43.6 Å². The standard InChI is InChI=1S/C33H43F3N10O12S2/c34-33(35,36)15-3-1-2-14(4-15)5-18-29(55)41-10-25(50)46-11-16(47)6-22(46)32(58)44-19(7-23(38)48)31(57)45-21(27(39)53)13-60-59-12-17(37)28(54)43-20(8-26(51)52)30(56)40-9-24(49)42-18/h1-4,16-22,47H,5-13,37H2,(H2,38,48)(H2,39,53)(H,40,56)(H,41,55)(H,42,49)(H,43,54)(H,44,58)(H,45,57)(H,51,52)/t16-,17-,18+,19+,20-,21-,22+/m1/s1. The maximum absolute atomic E-state index is 13.5. The number of halogens is 3. The Morgan fingerprint density at radius 3 is 2.05 bits per heavy atom. The van der Waals surface area contributed by atoms with Crippen LogP contribution in [-0.2, 0) is 60.5 Å². The molecule has 0 unspecified atom stereocenters. The minimum atomic E-state index is -4.79. The quantitative estimate of drug-likeness (QED) is 0.114. The van der Waals surface area contributed by atoms with Crippen molar-refractivity contribution in [2.75, 3.05) is 31.1 Å². The molecule has 0 radical (unpaired) electrons. The van der Waals surface area contributed by atoms with Gasteiger partial charge in [-0.15, -0.1) is 0 Å². The lowest BCUT2D eigenvalue weighted by atomic mass is 10.0. The maximum atomic E-state index is 13.5. The summed E-state index contributed by atoms with van der Waals surface area (Å²) in [7, 11) is 1.80. The van der Waals surface area contributed by atoms with Crippen LogP contribution in [0.3, 0.4) is 0 Å². The van der Waals surface area contributed by atoms with Gasteiger partial charge >= 0.3 is 12.1 Å². The average molecular weight is 893 g/mol. The van der Waals surface area contributed by atoms with E-state index in [4.69, 9.17) is 17.2 Å². The van der Waals surface area contributed by atoms with Crippen LogP contribution in [0.25, 0.3) is 0 Å². The molecule has 9 amide bonds. The number of fused-ring (bicyclic) bond motifs is 1. The number of nitrogens with two attached hydrogens (primary N) is 3. The number of aliphatic hydroxyl groups excluding tert-OH is 1. The highest BCUT2D eigenvalue weighted by molar-refractivity contribution is 8.76. The predicted molar refractivity (Wildman–Crippen MR) is 203 cm³/mol. The van der Waals surface area contributed by atoms with Crippen LogP contribution >= 0.6 is 21.6 Å². The zero-order valence-electron chi connectivity index (χ0n) is 31.3. The Morgan fingerprint density at radius 2 is 1.42 bits per heavy atom. The number of aliphatic hydroxyl groups is 1. The first-order chi connectivity index (χ1) is 28.0. The number of carbonyl (C=O) groups is 10. The SMILES string of the molecule is NC(=O)C[C@@H]1NC(=O)[C@@H]2C[C@@H](O)CN2C(=O)CNC(=O)[C@H](Cc2cccc(C(F)(F)F)c2)NC(=O)CNC(=O)[C@@H](CC(=O)O)NC(=O)[C@H](N)CSSC[C@H](C(N)=O)NC1=O. The summed E-state index contributed by atoms with van der Waals surface area (Å²) in [6.07, 6.45) is -8.82. The van der Waals surface area contributed by atoms with Gasteiger partial charge in [-0.2, -0.15) is 13.2 Å². The first kappa shape index (κ1) is 48.7. The summed E-state index contributed by atoms with van der Waals surface area (Å²) in [6, 6.07) is -5.80. The van der Waals surface area contributed by atoms with Gasteiger partial charge in [0.1, 0.15) is 30.2 Å². The zero-order valence-corrected chi connectivity index (χ0v) is 33.0. The van der Waals surface area contributed by atoms with E-state index in [1.165, 1.54) is 6.07 Å². The second-order valence-electron chi connectivity index (χ2n) is 13.4. The molecule has 2 fully saturated rings. The summed E-state index contributed by atoms with van der Waals surface area (Å²) in [4.78, 5) is 129. The Balaban J connectivity index is 1.95. The number of hydrogen-bond acceptors (Lipinski definition) is 14. The highest BCUT2D eigenvalue weighted by Gasteiger charge is 2.41. The number of aliphatic carboxylic acids is 1. The summed E-state index contributed by atoms with van der Waals surface area (Å²) < 4.78 is 40.4. The molecule has 1 aromatic rings. The first-order valence-electron chi connectivity index (χ1n) is 17.7. The van der Waals surface area contributed by atoms with Gasteiger partial charge in [0, 0.05) is 30.9 Å². The highest BCUT2D eigenvalue weighted by Crippen LogP contribution is 2.30. The molecule has 2 aliphatic rings. The molecule has 60 heavy (non-hydrogen) atoms. The Hall–Kier alpha value is -5.67. The molecule has 0 saturated carbocycles. The lowest BCUT2D eigenvalue weighted by Gasteiger charge is -2.27. The third-order valence-electron chi connectivity index (χ3n) is 8.70. The Kier molecular flexibility index (Phi) is 17.9. The Bertz CT molecular complexity index is 1840. The molecule has 0 spiro atoms. The topological polar surface area (TPSA) is 365 Å². The second-order valence-corrected chi connectivity index (χ2v) is 16.0. The van der Waals surface area contributed by atoms with Crippen LogP contribution < -0.4 is 49.1 Å². The number of hydrogen-bond donors (Lipinski definition) is 11.